The quantitative estimate of drug-likeness (QED) is 0.771. The summed E-state index contributed by atoms with van der Waals surface area (Å²) in [6.07, 6.45) is 4.69. The molecule has 2 fully saturated rings. The van der Waals surface area contributed by atoms with Crippen LogP contribution >= 0.6 is 0 Å². The van der Waals surface area contributed by atoms with Gasteiger partial charge in [-0.3, -0.25) is 14.5 Å². The van der Waals surface area contributed by atoms with Crippen LogP contribution in [0.2, 0.25) is 0 Å². The van der Waals surface area contributed by atoms with Gasteiger partial charge < -0.3 is 14.9 Å². The average Bonchev–Trinajstić information content (AvgIpc) is 3.42. The van der Waals surface area contributed by atoms with Crippen LogP contribution < -0.4 is 5.32 Å². The SMILES string of the molecule is O=C(NC1[C@@H](C(=O)O)CCCN1C1CCCC1)c1cc(-c2cccc(F)c2F)no1. The number of carboxylic acid groups (broad SMARTS) is 1. The molecule has 2 N–H and O–H groups in total. The molecule has 1 unspecified atom stereocenters. The van der Waals surface area contributed by atoms with Crippen molar-refractivity contribution in [3.63, 3.8) is 0 Å². The number of amides is 1. The first-order valence-corrected chi connectivity index (χ1v) is 10.2. The fourth-order valence-corrected chi connectivity index (χ4v) is 4.53. The van der Waals surface area contributed by atoms with Crippen LogP contribution in [0.15, 0.2) is 28.8 Å². The molecule has 1 saturated carbocycles. The second-order valence-corrected chi connectivity index (χ2v) is 7.86. The summed E-state index contributed by atoms with van der Waals surface area (Å²) in [5, 5.41) is 16.1. The largest absolute Gasteiger partial charge is 0.481 e. The molecule has 2 heterocycles. The number of aromatic nitrogens is 1. The van der Waals surface area contributed by atoms with E-state index < -0.39 is 35.6 Å². The maximum Gasteiger partial charge on any atom is 0.309 e. The van der Waals surface area contributed by atoms with Gasteiger partial charge in [0.15, 0.2) is 11.6 Å². The second kappa shape index (κ2) is 8.51. The fraction of sp³-hybridized carbons (Fsp3) is 0.476. The monoisotopic (exact) mass is 419 g/mol. The Balaban J connectivity index is 1.55. The predicted octanol–water partition coefficient (Wildman–Crippen LogP) is 3.41. The molecule has 1 amide bonds. The molecule has 2 aromatic rings. The van der Waals surface area contributed by atoms with Crippen LogP contribution in [0.1, 0.15) is 49.1 Å². The van der Waals surface area contributed by atoms with E-state index in [4.69, 9.17) is 4.52 Å². The maximum atomic E-state index is 14.0. The lowest BCUT2D eigenvalue weighted by molar-refractivity contribution is -0.147. The third-order valence-electron chi connectivity index (χ3n) is 6.02. The van der Waals surface area contributed by atoms with E-state index >= 15 is 0 Å². The Bertz CT molecular complexity index is 942. The van der Waals surface area contributed by atoms with E-state index in [9.17, 15) is 23.5 Å². The number of carbonyl (C=O) groups is 2. The van der Waals surface area contributed by atoms with E-state index in [-0.39, 0.29) is 23.1 Å². The zero-order valence-corrected chi connectivity index (χ0v) is 16.3. The number of aliphatic carboxylic acids is 1. The highest BCUT2D eigenvalue weighted by Gasteiger charge is 2.41. The van der Waals surface area contributed by atoms with E-state index in [0.717, 1.165) is 44.7 Å². The van der Waals surface area contributed by atoms with Crippen LogP contribution in [-0.4, -0.2) is 45.8 Å². The summed E-state index contributed by atoms with van der Waals surface area (Å²) >= 11 is 0. The number of benzene rings is 1. The van der Waals surface area contributed by atoms with Gasteiger partial charge in [-0.05, 0) is 37.8 Å². The van der Waals surface area contributed by atoms with Crippen LogP contribution in [-0.2, 0) is 4.79 Å². The topological polar surface area (TPSA) is 95.7 Å². The predicted molar refractivity (Wildman–Crippen MR) is 102 cm³/mol. The first-order valence-electron chi connectivity index (χ1n) is 10.2. The molecule has 0 radical (unpaired) electrons. The van der Waals surface area contributed by atoms with Crippen molar-refractivity contribution in [1.82, 2.24) is 15.4 Å². The van der Waals surface area contributed by atoms with Crippen molar-refractivity contribution in [2.75, 3.05) is 6.54 Å². The number of rotatable bonds is 5. The lowest BCUT2D eigenvalue weighted by atomic mass is 9.92. The third kappa shape index (κ3) is 3.94. The number of halogens is 2. The highest BCUT2D eigenvalue weighted by Crippen LogP contribution is 2.32. The van der Waals surface area contributed by atoms with Crippen molar-refractivity contribution in [2.24, 2.45) is 5.92 Å². The zero-order valence-electron chi connectivity index (χ0n) is 16.3. The molecule has 1 aliphatic carbocycles. The van der Waals surface area contributed by atoms with Crippen LogP contribution in [0.4, 0.5) is 8.78 Å². The molecule has 0 bridgehead atoms. The van der Waals surface area contributed by atoms with Crippen LogP contribution in [0, 0.1) is 17.6 Å². The van der Waals surface area contributed by atoms with E-state index in [0.29, 0.717) is 6.42 Å². The fourth-order valence-electron chi connectivity index (χ4n) is 4.53. The van der Waals surface area contributed by atoms with Crippen molar-refractivity contribution >= 4 is 11.9 Å². The number of likely N-dealkylation sites (tertiary alicyclic amines) is 1. The van der Waals surface area contributed by atoms with Gasteiger partial charge in [0.25, 0.3) is 5.91 Å². The van der Waals surface area contributed by atoms with Crippen molar-refractivity contribution < 1.29 is 28.0 Å². The summed E-state index contributed by atoms with van der Waals surface area (Å²) in [7, 11) is 0. The van der Waals surface area contributed by atoms with Gasteiger partial charge >= 0.3 is 5.97 Å². The Morgan fingerprint density at radius 3 is 2.67 bits per heavy atom. The van der Waals surface area contributed by atoms with Gasteiger partial charge in [-0.15, -0.1) is 0 Å². The van der Waals surface area contributed by atoms with Gasteiger partial charge in [-0.2, -0.15) is 0 Å². The summed E-state index contributed by atoms with van der Waals surface area (Å²) in [5.41, 5.74) is -0.130. The van der Waals surface area contributed by atoms with Crippen molar-refractivity contribution in [2.45, 2.75) is 50.7 Å². The molecule has 160 valence electrons. The van der Waals surface area contributed by atoms with E-state index in [1.54, 1.807) is 0 Å². The highest BCUT2D eigenvalue weighted by atomic mass is 19.2. The molecule has 4 rings (SSSR count). The average molecular weight is 419 g/mol. The Labute approximate surface area is 172 Å². The van der Waals surface area contributed by atoms with Crippen LogP contribution in [0.5, 0.6) is 0 Å². The molecule has 7 nitrogen and oxygen atoms in total. The van der Waals surface area contributed by atoms with Crippen LogP contribution in [0.25, 0.3) is 11.3 Å². The van der Waals surface area contributed by atoms with Crippen LogP contribution in [0.3, 0.4) is 0 Å². The molecular weight excluding hydrogens is 396 g/mol. The summed E-state index contributed by atoms with van der Waals surface area (Å²) in [6, 6.07) is 5.12. The number of nitrogens with zero attached hydrogens (tertiary/aromatic N) is 2. The third-order valence-corrected chi connectivity index (χ3v) is 6.02. The van der Waals surface area contributed by atoms with Gasteiger partial charge in [0.1, 0.15) is 5.69 Å². The Kier molecular flexibility index (Phi) is 5.80. The van der Waals surface area contributed by atoms with Crippen molar-refractivity contribution in [1.29, 1.82) is 0 Å². The van der Waals surface area contributed by atoms with E-state index in [1.165, 1.54) is 18.2 Å². The summed E-state index contributed by atoms with van der Waals surface area (Å²) < 4.78 is 32.5. The standard InChI is InChI=1S/C21H23F2N3O4/c22-15-9-3-7-13(18(15)23)16-11-17(30-25-16)20(27)24-19-14(21(28)29)8-4-10-26(19)12-5-1-2-6-12/h3,7,9,11-12,14,19H,1-2,4-6,8,10H2,(H,24,27)(H,28,29)/t14-,19?/m0/s1. The molecular formula is C21H23F2N3O4. The number of piperidine rings is 1. The normalized spacial score (nSPS) is 22.9. The number of carbonyl (C=O) groups excluding carboxylic acids is 1. The van der Waals surface area contributed by atoms with Crippen molar-refractivity contribution in [3.05, 3.63) is 41.7 Å². The van der Waals surface area contributed by atoms with Gasteiger partial charge in [-0.1, -0.05) is 24.1 Å². The minimum atomic E-state index is -1.08. The molecule has 1 aromatic carbocycles. The Morgan fingerprint density at radius 2 is 1.93 bits per heavy atom. The van der Waals surface area contributed by atoms with E-state index in [2.05, 4.69) is 15.4 Å². The Morgan fingerprint density at radius 1 is 1.17 bits per heavy atom. The molecule has 1 aliphatic heterocycles. The molecule has 9 heteroatoms. The lowest BCUT2D eigenvalue weighted by Gasteiger charge is -2.43. The summed E-state index contributed by atoms with van der Waals surface area (Å²) in [5.74, 6) is -4.61. The first-order chi connectivity index (χ1) is 14.5. The number of nitrogens with one attached hydrogen (secondary N) is 1. The molecule has 2 atom stereocenters. The lowest BCUT2D eigenvalue weighted by Crippen LogP contribution is -2.59. The summed E-state index contributed by atoms with van der Waals surface area (Å²) in [6.45, 7) is 0.718. The molecule has 30 heavy (non-hydrogen) atoms. The second-order valence-electron chi connectivity index (χ2n) is 7.86. The van der Waals surface area contributed by atoms with Gasteiger partial charge in [0.2, 0.25) is 5.76 Å². The molecule has 1 aromatic heterocycles. The van der Waals surface area contributed by atoms with Gasteiger partial charge in [0, 0.05) is 24.2 Å². The number of hydrogen-bond acceptors (Lipinski definition) is 5. The number of carboxylic acids is 1. The molecule has 0 spiro atoms. The smallest absolute Gasteiger partial charge is 0.309 e. The minimum Gasteiger partial charge on any atom is -0.481 e. The Hall–Kier alpha value is -2.81. The van der Waals surface area contributed by atoms with Gasteiger partial charge in [-0.25, -0.2) is 8.78 Å². The zero-order chi connectivity index (χ0) is 21.3. The van der Waals surface area contributed by atoms with E-state index in [1.807, 2.05) is 0 Å². The van der Waals surface area contributed by atoms with Gasteiger partial charge in [0.05, 0.1) is 12.1 Å². The minimum absolute atomic E-state index is 0.0109. The maximum absolute atomic E-state index is 14.0. The number of hydrogen-bond donors (Lipinski definition) is 2. The highest BCUT2D eigenvalue weighted by molar-refractivity contribution is 5.93. The van der Waals surface area contributed by atoms with Crippen molar-refractivity contribution in [3.8, 4) is 11.3 Å². The summed E-state index contributed by atoms with van der Waals surface area (Å²) in [4.78, 5) is 26.7. The molecule has 1 saturated heterocycles. The first kappa shape index (κ1) is 20.5. The molecule has 2 aliphatic rings.